The summed E-state index contributed by atoms with van der Waals surface area (Å²) in [6.07, 6.45) is 1.97. The number of rotatable bonds is 5. The molecule has 0 heterocycles. The van der Waals surface area contributed by atoms with Crippen molar-refractivity contribution in [2.45, 2.75) is 29.5 Å². The van der Waals surface area contributed by atoms with Crippen LogP contribution in [0.3, 0.4) is 0 Å². The Hall–Kier alpha value is -0.390. The zero-order valence-corrected chi connectivity index (χ0v) is 12.8. The van der Waals surface area contributed by atoms with Crippen molar-refractivity contribution in [3.63, 3.8) is 0 Å². The summed E-state index contributed by atoms with van der Waals surface area (Å²) in [6.45, 7) is 2.12. The molecule has 96 valence electrons. The molecule has 0 spiro atoms. The highest BCUT2D eigenvalue weighted by molar-refractivity contribution is 9.09. The second-order valence-corrected chi connectivity index (χ2v) is 7.59. The number of benzene rings is 1. The van der Waals surface area contributed by atoms with E-state index in [1.165, 1.54) is 18.4 Å². The van der Waals surface area contributed by atoms with Crippen molar-refractivity contribution in [3.05, 3.63) is 29.8 Å². The molecule has 0 saturated heterocycles. The molecule has 5 heteroatoms. The van der Waals surface area contributed by atoms with Gasteiger partial charge < -0.3 is 0 Å². The van der Waals surface area contributed by atoms with E-state index < -0.39 is 10.0 Å². The Bertz CT molecular complexity index is 454. The highest BCUT2D eigenvalue weighted by atomic mass is 79.9. The summed E-state index contributed by atoms with van der Waals surface area (Å²) in [6, 6.07) is 7.08. The van der Waals surface area contributed by atoms with Gasteiger partial charge in [0.15, 0.2) is 0 Å². The summed E-state index contributed by atoms with van der Waals surface area (Å²) in [7, 11) is -0.233. The van der Waals surface area contributed by atoms with E-state index >= 15 is 0 Å². The molecule has 0 aliphatic rings. The lowest BCUT2D eigenvalue weighted by Gasteiger charge is -2.12. The van der Waals surface area contributed by atoms with Crippen LogP contribution in [0, 0.1) is 0 Å². The molecule has 0 radical (unpaired) electrons. The molecule has 0 fully saturated rings. The molecule has 0 saturated carbocycles. The molecule has 3 nitrogen and oxygen atoms in total. The molecule has 0 N–H and O–H groups in total. The number of hydrogen-bond donors (Lipinski definition) is 0. The second-order valence-electron chi connectivity index (χ2n) is 4.14. The molecule has 1 aromatic rings. The van der Waals surface area contributed by atoms with Crippen LogP contribution >= 0.6 is 15.9 Å². The van der Waals surface area contributed by atoms with Crippen molar-refractivity contribution in [3.8, 4) is 0 Å². The van der Waals surface area contributed by atoms with E-state index in [0.717, 1.165) is 18.4 Å². The predicted octanol–water partition coefficient (Wildman–Crippen LogP) is 2.65. The summed E-state index contributed by atoms with van der Waals surface area (Å²) in [4.78, 5) is 0.785. The highest BCUT2D eigenvalue weighted by Gasteiger charge is 2.16. The minimum Gasteiger partial charge on any atom is -0.207 e. The molecule has 0 aliphatic heterocycles. The maximum atomic E-state index is 11.8. The van der Waals surface area contributed by atoms with Crippen LogP contribution < -0.4 is 0 Å². The Balaban J connectivity index is 2.89. The van der Waals surface area contributed by atoms with E-state index in [-0.39, 0.29) is 0 Å². The van der Waals surface area contributed by atoms with Crippen LogP contribution in [0.15, 0.2) is 29.2 Å². The minimum absolute atomic E-state index is 0.342. The molecule has 1 aromatic carbocycles. The molecule has 1 atom stereocenters. The van der Waals surface area contributed by atoms with Crippen molar-refractivity contribution in [1.29, 1.82) is 0 Å². The third-order valence-corrected chi connectivity index (χ3v) is 5.40. The van der Waals surface area contributed by atoms with Gasteiger partial charge in [-0.05, 0) is 30.5 Å². The molecule has 0 bridgehead atoms. The van der Waals surface area contributed by atoms with Gasteiger partial charge >= 0.3 is 0 Å². The monoisotopic (exact) mass is 319 g/mol. The van der Waals surface area contributed by atoms with Crippen LogP contribution in [-0.4, -0.2) is 31.6 Å². The van der Waals surface area contributed by atoms with Gasteiger partial charge in [-0.3, -0.25) is 0 Å². The lowest BCUT2D eigenvalue weighted by Crippen LogP contribution is -2.22. The quantitative estimate of drug-likeness (QED) is 0.782. The first-order valence-electron chi connectivity index (χ1n) is 5.53. The van der Waals surface area contributed by atoms with E-state index in [0.29, 0.717) is 9.72 Å². The maximum absolute atomic E-state index is 11.8. The SMILES string of the molecule is CCC(Br)Cc1ccc(S(=O)(=O)N(C)C)cc1. The predicted molar refractivity (Wildman–Crippen MR) is 74.0 cm³/mol. The molecule has 17 heavy (non-hydrogen) atoms. The summed E-state index contributed by atoms with van der Waals surface area (Å²) >= 11 is 3.57. The van der Waals surface area contributed by atoms with Gasteiger partial charge in [-0.2, -0.15) is 0 Å². The van der Waals surface area contributed by atoms with E-state index in [9.17, 15) is 8.42 Å². The fourth-order valence-electron chi connectivity index (χ4n) is 1.41. The average molecular weight is 320 g/mol. The van der Waals surface area contributed by atoms with Crippen molar-refractivity contribution in [1.82, 2.24) is 4.31 Å². The van der Waals surface area contributed by atoms with Gasteiger partial charge in [0.05, 0.1) is 4.90 Å². The molecule has 0 aliphatic carbocycles. The van der Waals surface area contributed by atoms with E-state index in [2.05, 4.69) is 22.9 Å². The van der Waals surface area contributed by atoms with Gasteiger partial charge in [0.25, 0.3) is 0 Å². The number of nitrogens with zero attached hydrogens (tertiary/aromatic N) is 1. The van der Waals surface area contributed by atoms with Crippen LogP contribution in [0.25, 0.3) is 0 Å². The maximum Gasteiger partial charge on any atom is 0.242 e. The summed E-state index contributed by atoms with van der Waals surface area (Å²) in [5.41, 5.74) is 1.14. The van der Waals surface area contributed by atoms with E-state index in [1.807, 2.05) is 12.1 Å². The lowest BCUT2D eigenvalue weighted by molar-refractivity contribution is 0.520. The molecule has 1 rings (SSSR count). The Morgan fingerprint density at radius 2 is 1.76 bits per heavy atom. The molecule has 0 amide bonds. The number of alkyl halides is 1. The van der Waals surface area contributed by atoms with Gasteiger partial charge in [0.1, 0.15) is 0 Å². The van der Waals surface area contributed by atoms with Crippen molar-refractivity contribution >= 4 is 26.0 Å². The van der Waals surface area contributed by atoms with Crippen molar-refractivity contribution < 1.29 is 8.42 Å². The summed E-state index contributed by atoms with van der Waals surface area (Å²) in [5, 5.41) is 0. The summed E-state index contributed by atoms with van der Waals surface area (Å²) < 4.78 is 24.9. The van der Waals surface area contributed by atoms with Crippen LogP contribution in [0.2, 0.25) is 0 Å². The standard InChI is InChI=1S/C12H18BrNO2S/c1-4-11(13)9-10-5-7-12(8-6-10)17(15,16)14(2)3/h5-8,11H,4,9H2,1-3H3. The van der Waals surface area contributed by atoms with Gasteiger partial charge in [-0.1, -0.05) is 35.0 Å². The molecule has 1 unspecified atom stereocenters. The minimum atomic E-state index is -3.31. The number of halogens is 1. The van der Waals surface area contributed by atoms with E-state index in [1.54, 1.807) is 12.1 Å². The first-order valence-corrected chi connectivity index (χ1v) is 7.89. The van der Waals surface area contributed by atoms with Gasteiger partial charge in [0.2, 0.25) is 10.0 Å². The lowest BCUT2D eigenvalue weighted by atomic mass is 10.1. The van der Waals surface area contributed by atoms with Crippen LogP contribution in [0.5, 0.6) is 0 Å². The van der Waals surface area contributed by atoms with Gasteiger partial charge in [-0.15, -0.1) is 0 Å². The summed E-state index contributed by atoms with van der Waals surface area (Å²) in [5.74, 6) is 0. The highest BCUT2D eigenvalue weighted by Crippen LogP contribution is 2.17. The topological polar surface area (TPSA) is 37.4 Å². The van der Waals surface area contributed by atoms with E-state index in [4.69, 9.17) is 0 Å². The fraction of sp³-hybridized carbons (Fsp3) is 0.500. The average Bonchev–Trinajstić information content (AvgIpc) is 2.29. The normalized spacial score (nSPS) is 13.9. The van der Waals surface area contributed by atoms with Gasteiger partial charge in [0, 0.05) is 18.9 Å². The molecule has 0 aromatic heterocycles. The van der Waals surface area contributed by atoms with Crippen molar-refractivity contribution in [2.24, 2.45) is 0 Å². The van der Waals surface area contributed by atoms with Crippen LogP contribution in [0.1, 0.15) is 18.9 Å². The first kappa shape index (κ1) is 14.7. The van der Waals surface area contributed by atoms with Gasteiger partial charge in [-0.25, -0.2) is 12.7 Å². The van der Waals surface area contributed by atoms with Crippen LogP contribution in [0.4, 0.5) is 0 Å². The fourth-order valence-corrected chi connectivity index (χ4v) is 2.68. The Morgan fingerprint density at radius 3 is 2.18 bits per heavy atom. The van der Waals surface area contributed by atoms with Crippen molar-refractivity contribution in [2.75, 3.05) is 14.1 Å². The number of hydrogen-bond acceptors (Lipinski definition) is 2. The number of sulfonamides is 1. The first-order chi connectivity index (χ1) is 7.87. The van der Waals surface area contributed by atoms with Crippen LogP contribution in [-0.2, 0) is 16.4 Å². The third kappa shape index (κ3) is 3.79. The largest absolute Gasteiger partial charge is 0.242 e. The Kier molecular flexibility index (Phi) is 5.16. The third-order valence-electron chi connectivity index (χ3n) is 2.60. The second kappa shape index (κ2) is 5.98. The zero-order chi connectivity index (χ0) is 13.1. The Labute approximate surface area is 112 Å². The Morgan fingerprint density at radius 1 is 1.24 bits per heavy atom. The zero-order valence-electron chi connectivity index (χ0n) is 10.4. The molecular weight excluding hydrogens is 302 g/mol. The smallest absolute Gasteiger partial charge is 0.207 e. The molecular formula is C12H18BrNO2S.